The van der Waals surface area contributed by atoms with Crippen molar-refractivity contribution in [3.63, 3.8) is 0 Å². The van der Waals surface area contributed by atoms with Crippen LogP contribution in [0.15, 0.2) is 97.2 Å². The second kappa shape index (κ2) is 10.5. The van der Waals surface area contributed by atoms with E-state index in [2.05, 4.69) is 37.3 Å². The first-order valence-electron chi connectivity index (χ1n) is 12.9. The van der Waals surface area contributed by atoms with E-state index in [1.165, 1.54) is 11.6 Å². The van der Waals surface area contributed by atoms with E-state index in [9.17, 15) is 18.0 Å². The lowest BCUT2D eigenvalue weighted by atomic mass is 10.0. The Morgan fingerprint density at radius 1 is 0.902 bits per heavy atom. The summed E-state index contributed by atoms with van der Waals surface area (Å²) in [4.78, 5) is 27.2. The van der Waals surface area contributed by atoms with Crippen LogP contribution in [-0.4, -0.2) is 37.2 Å². The number of pyridine rings is 1. The number of halogens is 3. The van der Waals surface area contributed by atoms with Crippen LogP contribution in [0.2, 0.25) is 0 Å². The molecule has 3 heterocycles. The minimum atomic E-state index is -4.43. The molecule has 0 spiro atoms. The van der Waals surface area contributed by atoms with Crippen molar-refractivity contribution in [1.29, 1.82) is 0 Å². The molecule has 0 aliphatic carbocycles. The van der Waals surface area contributed by atoms with Gasteiger partial charge in [-0.2, -0.15) is 13.2 Å². The quantitative estimate of drug-likeness (QED) is 0.228. The number of fused-ring (bicyclic) bond motifs is 2. The fraction of sp³-hybridized carbons (Fsp3) is 0.129. The summed E-state index contributed by atoms with van der Waals surface area (Å²) in [5.41, 5.74) is 4.52. The van der Waals surface area contributed by atoms with Gasteiger partial charge in [0.25, 0.3) is 5.91 Å². The van der Waals surface area contributed by atoms with Gasteiger partial charge in [0.05, 0.1) is 16.6 Å². The van der Waals surface area contributed by atoms with Gasteiger partial charge in [0.2, 0.25) is 5.95 Å². The highest BCUT2D eigenvalue weighted by molar-refractivity contribution is 6.03. The van der Waals surface area contributed by atoms with Crippen molar-refractivity contribution in [3.8, 4) is 11.1 Å². The Balaban J connectivity index is 1.20. The first kappa shape index (κ1) is 26.3. The van der Waals surface area contributed by atoms with Crippen molar-refractivity contribution in [2.24, 2.45) is 0 Å². The van der Waals surface area contributed by atoms with Gasteiger partial charge in [0, 0.05) is 25.0 Å². The van der Waals surface area contributed by atoms with Crippen molar-refractivity contribution < 1.29 is 18.0 Å². The lowest BCUT2D eigenvalue weighted by molar-refractivity contribution is -0.137. The molecule has 0 saturated heterocycles. The number of hydrogen-bond acceptors (Lipinski definition) is 4. The number of anilines is 1. The highest BCUT2D eigenvalue weighted by Gasteiger charge is 2.30. The molecular formula is C31H25F3N6O. The van der Waals surface area contributed by atoms with Crippen molar-refractivity contribution in [1.82, 2.24) is 24.3 Å². The molecule has 0 unspecified atom stereocenters. The summed E-state index contributed by atoms with van der Waals surface area (Å²) in [6, 6.07) is 26.2. The summed E-state index contributed by atoms with van der Waals surface area (Å²) < 4.78 is 41.4. The lowest BCUT2D eigenvalue weighted by Crippen LogP contribution is -2.18. The number of aromatic nitrogens is 4. The molecule has 206 valence electrons. The molecule has 3 aromatic heterocycles. The van der Waals surface area contributed by atoms with Gasteiger partial charge >= 0.3 is 6.18 Å². The van der Waals surface area contributed by atoms with E-state index < -0.39 is 17.6 Å². The monoisotopic (exact) mass is 554 g/mol. The maximum absolute atomic E-state index is 13.2. The van der Waals surface area contributed by atoms with Gasteiger partial charge < -0.3 is 9.38 Å². The Kier molecular flexibility index (Phi) is 6.76. The van der Waals surface area contributed by atoms with E-state index >= 15 is 0 Å². The number of benzene rings is 3. The smallest absolute Gasteiger partial charge is 0.324 e. The van der Waals surface area contributed by atoms with Crippen molar-refractivity contribution in [3.05, 3.63) is 120 Å². The molecular weight excluding hydrogens is 529 g/mol. The van der Waals surface area contributed by atoms with Crippen LogP contribution in [0.1, 0.15) is 27.3 Å². The van der Waals surface area contributed by atoms with Crippen LogP contribution in [0.3, 0.4) is 0 Å². The van der Waals surface area contributed by atoms with Gasteiger partial charge in [-0.05, 0) is 60.1 Å². The number of H-pyrrole nitrogens is 1. The molecule has 0 fully saturated rings. The summed E-state index contributed by atoms with van der Waals surface area (Å²) in [5.74, 6) is -0.222. The molecule has 6 aromatic rings. The lowest BCUT2D eigenvalue weighted by Gasteiger charge is -2.17. The van der Waals surface area contributed by atoms with Crippen LogP contribution in [0.25, 0.3) is 27.8 Å². The number of imidazole rings is 2. The molecule has 41 heavy (non-hydrogen) atoms. The van der Waals surface area contributed by atoms with Crippen LogP contribution in [-0.2, 0) is 19.3 Å². The Bertz CT molecular complexity index is 1860. The van der Waals surface area contributed by atoms with E-state index in [1.54, 1.807) is 30.5 Å². The Morgan fingerprint density at radius 2 is 1.68 bits per heavy atom. The average molecular weight is 555 g/mol. The number of aromatic amines is 1. The van der Waals surface area contributed by atoms with E-state index in [1.807, 2.05) is 47.8 Å². The third kappa shape index (κ3) is 5.68. The number of alkyl halides is 3. The number of hydrogen-bond donors (Lipinski definition) is 2. The fourth-order valence-electron chi connectivity index (χ4n) is 4.83. The van der Waals surface area contributed by atoms with Crippen LogP contribution < -0.4 is 5.32 Å². The second-order valence-electron chi connectivity index (χ2n) is 9.88. The molecule has 6 rings (SSSR count). The minimum Gasteiger partial charge on any atom is -0.324 e. The first-order chi connectivity index (χ1) is 19.7. The normalized spacial score (nSPS) is 11.9. The largest absolute Gasteiger partial charge is 0.416 e. The molecule has 2 N–H and O–H groups in total. The number of carbonyl (C=O) groups excluding carboxylic acids is 1. The second-order valence-corrected chi connectivity index (χ2v) is 9.88. The minimum absolute atomic E-state index is 0.214. The number of rotatable bonds is 7. The number of nitrogens with one attached hydrogen (secondary N) is 2. The topological polar surface area (TPSA) is 78.3 Å². The highest BCUT2D eigenvalue weighted by atomic mass is 19.4. The van der Waals surface area contributed by atoms with Gasteiger partial charge in [-0.1, -0.05) is 54.6 Å². The summed E-state index contributed by atoms with van der Waals surface area (Å²) in [7, 11) is 2.04. The Labute approximate surface area is 233 Å². The van der Waals surface area contributed by atoms with Crippen molar-refractivity contribution >= 4 is 28.5 Å². The average Bonchev–Trinajstić information content (AvgIpc) is 3.57. The zero-order valence-electron chi connectivity index (χ0n) is 22.0. The standard InChI is InChI=1S/C31H25F3N6O/c1-39(17-20-7-3-2-4-8-20)18-24-11-6-12-28-35-27(19-40(24)28)29(41)38-30-36-25-14-13-22(16-26(25)37-30)21-9-5-10-23(15-21)31(32,33)34/h2-16,19H,17-18H2,1H3,(H2,36,37,38,41). The molecule has 0 aliphatic heterocycles. The zero-order valence-corrected chi connectivity index (χ0v) is 22.0. The molecule has 0 atom stereocenters. The molecule has 1 amide bonds. The predicted octanol–water partition coefficient (Wildman–Crippen LogP) is 6.78. The molecule has 3 aromatic carbocycles. The number of carbonyl (C=O) groups is 1. The maximum Gasteiger partial charge on any atom is 0.416 e. The van der Waals surface area contributed by atoms with Crippen molar-refractivity contribution in [2.75, 3.05) is 12.4 Å². The number of nitrogens with zero attached hydrogens (tertiary/aromatic N) is 4. The van der Waals surface area contributed by atoms with E-state index in [-0.39, 0.29) is 11.6 Å². The third-order valence-corrected chi connectivity index (χ3v) is 6.77. The Hall–Kier alpha value is -4.96. The summed E-state index contributed by atoms with van der Waals surface area (Å²) in [5, 5.41) is 2.75. The van der Waals surface area contributed by atoms with Gasteiger partial charge in [-0.15, -0.1) is 0 Å². The van der Waals surface area contributed by atoms with E-state index in [0.717, 1.165) is 24.4 Å². The zero-order chi connectivity index (χ0) is 28.6. The Morgan fingerprint density at radius 3 is 2.49 bits per heavy atom. The van der Waals surface area contributed by atoms with E-state index in [4.69, 9.17) is 0 Å². The molecule has 0 bridgehead atoms. The molecule has 7 nitrogen and oxygen atoms in total. The number of amides is 1. The fourth-order valence-corrected chi connectivity index (χ4v) is 4.83. The summed E-state index contributed by atoms with van der Waals surface area (Å²) >= 11 is 0. The van der Waals surface area contributed by atoms with Gasteiger partial charge in [0.15, 0.2) is 0 Å². The SMILES string of the molecule is CN(Cc1ccccc1)Cc1cccc2nc(C(=O)Nc3nc4ccc(-c5cccc(C(F)(F)F)c5)cc4[nH]3)cn12. The van der Waals surface area contributed by atoms with Gasteiger partial charge in [0.1, 0.15) is 11.3 Å². The molecule has 0 saturated carbocycles. The van der Waals surface area contributed by atoms with Crippen LogP contribution in [0.4, 0.5) is 19.1 Å². The molecule has 0 radical (unpaired) electrons. The van der Waals surface area contributed by atoms with Gasteiger partial charge in [-0.3, -0.25) is 15.0 Å². The maximum atomic E-state index is 13.2. The highest BCUT2D eigenvalue weighted by Crippen LogP contribution is 2.33. The van der Waals surface area contributed by atoms with Gasteiger partial charge in [-0.25, -0.2) is 9.97 Å². The van der Waals surface area contributed by atoms with Crippen LogP contribution in [0.5, 0.6) is 0 Å². The molecule has 0 aliphatic rings. The predicted molar refractivity (Wildman–Crippen MR) is 151 cm³/mol. The van der Waals surface area contributed by atoms with Crippen molar-refractivity contribution in [2.45, 2.75) is 19.3 Å². The van der Waals surface area contributed by atoms with Crippen LogP contribution in [0, 0.1) is 0 Å². The summed E-state index contributed by atoms with van der Waals surface area (Å²) in [6.45, 7) is 1.43. The first-order valence-corrected chi connectivity index (χ1v) is 12.9. The van der Waals surface area contributed by atoms with E-state index in [0.29, 0.717) is 34.4 Å². The molecule has 10 heteroatoms. The van der Waals surface area contributed by atoms with Crippen LogP contribution >= 0.6 is 0 Å². The summed E-state index contributed by atoms with van der Waals surface area (Å²) in [6.07, 6.45) is -2.73. The third-order valence-electron chi connectivity index (χ3n) is 6.77.